The third kappa shape index (κ3) is 2.38. The minimum absolute atomic E-state index is 0.117. The Morgan fingerprint density at radius 3 is 2.56 bits per heavy atom. The average Bonchev–Trinajstić information content (AvgIpc) is 2.26. The molecule has 0 aliphatic rings. The Morgan fingerprint density at radius 1 is 1.50 bits per heavy atom. The van der Waals surface area contributed by atoms with E-state index in [2.05, 4.69) is 14.5 Å². The minimum atomic E-state index is -2.89. The summed E-state index contributed by atoms with van der Waals surface area (Å²) >= 11 is 5.67. The van der Waals surface area contributed by atoms with Crippen molar-refractivity contribution in [3.8, 4) is 5.75 Å². The lowest BCUT2D eigenvalue weighted by Gasteiger charge is -2.10. The summed E-state index contributed by atoms with van der Waals surface area (Å²) in [6.45, 7) is 0. The topological polar surface area (TPSA) is 48.4 Å². The molecule has 1 aromatic rings. The van der Waals surface area contributed by atoms with Gasteiger partial charge in [-0.25, -0.2) is 18.6 Å². The van der Waals surface area contributed by atoms with Crippen LogP contribution in [0.25, 0.3) is 0 Å². The van der Waals surface area contributed by atoms with E-state index in [1.807, 2.05) is 0 Å². The molecule has 7 heteroatoms. The highest BCUT2D eigenvalue weighted by atomic mass is 35.5. The fourth-order valence-electron chi connectivity index (χ4n) is 1.08. The van der Waals surface area contributed by atoms with Gasteiger partial charge in [0.15, 0.2) is 17.1 Å². The van der Waals surface area contributed by atoms with Gasteiger partial charge in [0.05, 0.1) is 19.2 Å². The normalized spacial score (nSPS) is 10.4. The fourth-order valence-corrected chi connectivity index (χ4v) is 1.36. The molecule has 0 spiro atoms. The lowest BCUT2D eigenvalue weighted by molar-refractivity contribution is 0.0592. The molecule has 16 heavy (non-hydrogen) atoms. The molecule has 0 aromatic carbocycles. The van der Waals surface area contributed by atoms with Crippen LogP contribution in [0.5, 0.6) is 5.75 Å². The molecule has 1 rings (SSSR count). The number of alkyl halides is 2. The number of aromatic nitrogens is 1. The van der Waals surface area contributed by atoms with Crippen molar-refractivity contribution in [1.29, 1.82) is 0 Å². The van der Waals surface area contributed by atoms with Gasteiger partial charge in [-0.05, 0) is 6.07 Å². The number of carbonyl (C=O) groups is 1. The molecule has 0 bridgehead atoms. The van der Waals surface area contributed by atoms with E-state index in [0.717, 1.165) is 13.2 Å². The van der Waals surface area contributed by atoms with E-state index < -0.39 is 18.1 Å². The number of methoxy groups -OCH3 is 2. The molecule has 0 N–H and O–H groups in total. The van der Waals surface area contributed by atoms with Gasteiger partial charge in [-0.1, -0.05) is 11.6 Å². The van der Waals surface area contributed by atoms with Crippen LogP contribution in [0.15, 0.2) is 6.07 Å². The van der Waals surface area contributed by atoms with Crippen molar-refractivity contribution in [3.05, 3.63) is 22.5 Å². The Bertz CT molecular complexity index is 412. The monoisotopic (exact) mass is 251 g/mol. The maximum atomic E-state index is 12.6. The summed E-state index contributed by atoms with van der Waals surface area (Å²) in [4.78, 5) is 14.6. The average molecular weight is 252 g/mol. The number of pyridine rings is 1. The lowest BCUT2D eigenvalue weighted by Crippen LogP contribution is -2.08. The number of hydrogen-bond acceptors (Lipinski definition) is 4. The highest BCUT2D eigenvalue weighted by Gasteiger charge is 2.22. The Kier molecular flexibility index (Phi) is 4.00. The molecule has 0 saturated heterocycles. The Hall–Kier alpha value is -1.43. The standard InChI is InChI=1S/C9H8ClF2NO3/c1-15-7-4(10)3-5(9(14)16-2)13-6(7)8(11)12/h3,8H,1-2H3. The number of hydrogen-bond donors (Lipinski definition) is 0. The molecule has 0 fully saturated rings. The summed E-state index contributed by atoms with van der Waals surface area (Å²) in [6.07, 6.45) is -2.89. The highest BCUT2D eigenvalue weighted by Crippen LogP contribution is 2.34. The van der Waals surface area contributed by atoms with Gasteiger partial charge in [0.25, 0.3) is 6.43 Å². The van der Waals surface area contributed by atoms with Crippen LogP contribution in [0.2, 0.25) is 5.02 Å². The van der Waals surface area contributed by atoms with E-state index in [1.54, 1.807) is 0 Å². The van der Waals surface area contributed by atoms with Crippen LogP contribution in [0.3, 0.4) is 0 Å². The first-order valence-corrected chi connectivity index (χ1v) is 4.50. The van der Waals surface area contributed by atoms with Crippen molar-refractivity contribution >= 4 is 17.6 Å². The molecule has 88 valence electrons. The van der Waals surface area contributed by atoms with Gasteiger partial charge in [-0.2, -0.15) is 0 Å². The third-order valence-electron chi connectivity index (χ3n) is 1.76. The second kappa shape index (κ2) is 5.07. The van der Waals surface area contributed by atoms with E-state index in [1.165, 1.54) is 7.11 Å². The number of rotatable bonds is 3. The zero-order valence-corrected chi connectivity index (χ0v) is 9.22. The van der Waals surface area contributed by atoms with Gasteiger partial charge in [0.1, 0.15) is 0 Å². The van der Waals surface area contributed by atoms with Crippen molar-refractivity contribution in [2.75, 3.05) is 14.2 Å². The van der Waals surface area contributed by atoms with E-state index >= 15 is 0 Å². The second-order valence-electron chi connectivity index (χ2n) is 2.70. The molecule has 0 aliphatic carbocycles. The predicted octanol–water partition coefficient (Wildman–Crippen LogP) is 2.47. The van der Waals surface area contributed by atoms with E-state index in [9.17, 15) is 13.6 Å². The first-order chi connectivity index (χ1) is 7.51. The molecule has 4 nitrogen and oxygen atoms in total. The van der Waals surface area contributed by atoms with E-state index in [-0.39, 0.29) is 16.5 Å². The molecule has 0 aliphatic heterocycles. The van der Waals surface area contributed by atoms with Gasteiger partial charge in [-0.15, -0.1) is 0 Å². The van der Waals surface area contributed by atoms with Crippen LogP contribution in [0.1, 0.15) is 22.6 Å². The van der Waals surface area contributed by atoms with Gasteiger partial charge in [-0.3, -0.25) is 0 Å². The zero-order chi connectivity index (χ0) is 12.3. The summed E-state index contributed by atoms with van der Waals surface area (Å²) in [7, 11) is 2.30. The van der Waals surface area contributed by atoms with Crippen molar-refractivity contribution < 1.29 is 23.0 Å². The Morgan fingerprint density at radius 2 is 2.12 bits per heavy atom. The van der Waals surface area contributed by atoms with Gasteiger partial charge in [0.2, 0.25) is 0 Å². The summed E-state index contributed by atoms with van der Waals surface area (Å²) in [5, 5.41) is -0.117. The molecule has 0 unspecified atom stereocenters. The first kappa shape index (κ1) is 12.6. The van der Waals surface area contributed by atoms with Crippen molar-refractivity contribution in [1.82, 2.24) is 4.98 Å². The van der Waals surface area contributed by atoms with Gasteiger partial charge < -0.3 is 9.47 Å². The predicted molar refractivity (Wildman–Crippen MR) is 52.1 cm³/mol. The molecule has 0 atom stereocenters. The maximum absolute atomic E-state index is 12.6. The zero-order valence-electron chi connectivity index (χ0n) is 8.46. The fraction of sp³-hybridized carbons (Fsp3) is 0.333. The molecule has 0 amide bonds. The summed E-state index contributed by atoms with van der Waals surface area (Å²) < 4.78 is 34.2. The van der Waals surface area contributed by atoms with E-state index in [4.69, 9.17) is 11.6 Å². The second-order valence-corrected chi connectivity index (χ2v) is 3.11. The molecule has 1 aromatic heterocycles. The van der Waals surface area contributed by atoms with Crippen LogP contribution in [0, 0.1) is 0 Å². The van der Waals surface area contributed by atoms with Gasteiger partial charge >= 0.3 is 5.97 Å². The number of halogens is 3. The third-order valence-corrected chi connectivity index (χ3v) is 2.04. The van der Waals surface area contributed by atoms with Crippen molar-refractivity contribution in [2.24, 2.45) is 0 Å². The Labute approximate surface area is 95.1 Å². The smallest absolute Gasteiger partial charge is 0.356 e. The highest BCUT2D eigenvalue weighted by molar-refractivity contribution is 6.32. The largest absolute Gasteiger partial charge is 0.493 e. The number of ether oxygens (including phenoxy) is 2. The van der Waals surface area contributed by atoms with Crippen molar-refractivity contribution in [2.45, 2.75) is 6.43 Å². The molecule has 1 heterocycles. The van der Waals surface area contributed by atoms with E-state index in [0.29, 0.717) is 0 Å². The van der Waals surface area contributed by atoms with Crippen LogP contribution < -0.4 is 4.74 Å². The van der Waals surface area contributed by atoms with Crippen LogP contribution in [0.4, 0.5) is 8.78 Å². The number of nitrogens with zero attached hydrogens (tertiary/aromatic N) is 1. The minimum Gasteiger partial charge on any atom is -0.493 e. The summed E-state index contributed by atoms with van der Waals surface area (Å²) in [6, 6.07) is 1.11. The van der Waals surface area contributed by atoms with Crippen molar-refractivity contribution in [3.63, 3.8) is 0 Å². The molecular formula is C9H8ClF2NO3. The summed E-state index contributed by atoms with van der Waals surface area (Å²) in [5.74, 6) is -1.09. The number of carbonyl (C=O) groups excluding carboxylic acids is 1. The summed E-state index contributed by atoms with van der Waals surface area (Å²) in [5.41, 5.74) is -0.973. The quantitative estimate of drug-likeness (QED) is 0.775. The molecule has 0 radical (unpaired) electrons. The Balaban J connectivity index is 3.33. The first-order valence-electron chi connectivity index (χ1n) is 4.12. The lowest BCUT2D eigenvalue weighted by atomic mass is 10.2. The number of esters is 1. The van der Waals surface area contributed by atoms with Crippen LogP contribution >= 0.6 is 11.6 Å². The SMILES string of the molecule is COC(=O)c1cc(Cl)c(OC)c(C(F)F)n1. The maximum Gasteiger partial charge on any atom is 0.356 e. The van der Waals surface area contributed by atoms with Gasteiger partial charge in [0, 0.05) is 0 Å². The van der Waals surface area contributed by atoms with Crippen LogP contribution in [-0.2, 0) is 4.74 Å². The molecular weight excluding hydrogens is 244 g/mol. The van der Waals surface area contributed by atoms with Crippen LogP contribution in [-0.4, -0.2) is 25.2 Å². The molecule has 0 saturated carbocycles.